The Labute approximate surface area is 178 Å². The van der Waals surface area contributed by atoms with Crippen molar-refractivity contribution in [2.24, 2.45) is 0 Å². The third-order valence-corrected chi connectivity index (χ3v) is 3.93. The lowest BCUT2D eigenvalue weighted by molar-refractivity contribution is -0.153. The highest BCUT2D eigenvalue weighted by molar-refractivity contribution is 5.94. The number of rotatable bonds is 5. The summed E-state index contributed by atoms with van der Waals surface area (Å²) in [4.78, 5) is 22.3. The van der Waals surface area contributed by atoms with Gasteiger partial charge in [-0.15, -0.1) is 0 Å². The zero-order valence-electron chi connectivity index (χ0n) is 18.0. The largest absolute Gasteiger partial charge is 0.459 e. The van der Waals surface area contributed by atoms with Gasteiger partial charge in [-0.3, -0.25) is 9.59 Å². The molecule has 6 nitrogen and oxygen atoms in total. The Balaban J connectivity index is 0.000000346. The van der Waals surface area contributed by atoms with Gasteiger partial charge in [0, 0.05) is 11.6 Å². The van der Waals surface area contributed by atoms with E-state index in [1.807, 2.05) is 45.9 Å². The Morgan fingerprint density at radius 3 is 1.83 bits per heavy atom. The van der Waals surface area contributed by atoms with Crippen LogP contribution in [0, 0.1) is 22.7 Å². The van der Waals surface area contributed by atoms with E-state index in [9.17, 15) is 9.59 Å². The lowest BCUT2D eigenvalue weighted by atomic mass is 10.1. The Morgan fingerprint density at radius 1 is 0.967 bits per heavy atom. The van der Waals surface area contributed by atoms with Gasteiger partial charge < -0.3 is 10.1 Å². The Bertz CT molecular complexity index is 928. The van der Waals surface area contributed by atoms with Crippen molar-refractivity contribution < 1.29 is 14.3 Å². The number of esters is 1. The smallest absolute Gasteiger partial charge is 0.320 e. The molecule has 1 unspecified atom stereocenters. The molecule has 0 heterocycles. The van der Waals surface area contributed by atoms with Crippen LogP contribution in [0.4, 0.5) is 0 Å². The second kappa shape index (κ2) is 11.5. The highest BCUT2D eigenvalue weighted by Crippen LogP contribution is 2.13. The molecule has 0 aromatic heterocycles. The van der Waals surface area contributed by atoms with E-state index in [1.165, 1.54) is 6.92 Å². The molecule has 0 amide bonds. The fourth-order valence-electron chi connectivity index (χ4n) is 2.36. The summed E-state index contributed by atoms with van der Waals surface area (Å²) in [6, 6.07) is 18.0. The van der Waals surface area contributed by atoms with Crippen molar-refractivity contribution in [3.05, 3.63) is 70.8 Å². The molecule has 0 saturated carbocycles. The van der Waals surface area contributed by atoms with Gasteiger partial charge in [0.25, 0.3) is 0 Å². The number of carbonyl (C=O) groups is 2. The van der Waals surface area contributed by atoms with Crippen molar-refractivity contribution in [1.29, 1.82) is 10.5 Å². The zero-order valence-corrected chi connectivity index (χ0v) is 18.0. The predicted molar refractivity (Wildman–Crippen MR) is 115 cm³/mol. The maximum absolute atomic E-state index is 11.6. The second-order valence-corrected chi connectivity index (χ2v) is 7.67. The molecule has 1 N–H and O–H groups in total. The fourth-order valence-corrected chi connectivity index (χ4v) is 2.36. The minimum Gasteiger partial charge on any atom is -0.459 e. The fraction of sp³-hybridized carbons (Fsp3) is 0.333. The number of nitrogens with one attached hydrogen (secondary N) is 1. The summed E-state index contributed by atoms with van der Waals surface area (Å²) in [7, 11) is 0. The summed E-state index contributed by atoms with van der Waals surface area (Å²) in [6.07, 6.45) is 0. The third kappa shape index (κ3) is 9.14. The summed E-state index contributed by atoms with van der Waals surface area (Å²) in [6.45, 7) is 9.16. The zero-order chi connectivity index (χ0) is 22.7. The van der Waals surface area contributed by atoms with Crippen molar-refractivity contribution in [3.8, 4) is 12.1 Å². The molecule has 0 radical (unpaired) electrons. The highest BCUT2D eigenvalue weighted by atomic mass is 16.6. The number of benzene rings is 2. The number of ketones is 1. The first-order valence-electron chi connectivity index (χ1n) is 9.52. The van der Waals surface area contributed by atoms with Gasteiger partial charge in [-0.1, -0.05) is 24.3 Å². The normalized spacial score (nSPS) is 11.2. The lowest BCUT2D eigenvalue weighted by Gasteiger charge is -2.21. The predicted octanol–water partition coefficient (Wildman–Crippen LogP) is 4.31. The average molecular weight is 405 g/mol. The van der Waals surface area contributed by atoms with Crippen molar-refractivity contribution >= 4 is 11.8 Å². The van der Waals surface area contributed by atoms with Gasteiger partial charge in [-0.25, -0.2) is 0 Å². The molecule has 0 fully saturated rings. The summed E-state index contributed by atoms with van der Waals surface area (Å²) >= 11 is 0. The number of carbonyl (C=O) groups excluding carboxylic acids is 2. The molecule has 2 aromatic carbocycles. The maximum atomic E-state index is 11.6. The van der Waals surface area contributed by atoms with Crippen molar-refractivity contribution in [3.63, 3.8) is 0 Å². The third-order valence-electron chi connectivity index (χ3n) is 3.93. The Hall–Kier alpha value is -3.48. The van der Waals surface area contributed by atoms with Crippen LogP contribution in [0.15, 0.2) is 48.5 Å². The van der Waals surface area contributed by atoms with Crippen LogP contribution in [0.5, 0.6) is 0 Å². The van der Waals surface area contributed by atoms with Crippen molar-refractivity contribution in [2.75, 3.05) is 6.54 Å². The van der Waals surface area contributed by atoms with Gasteiger partial charge in [-0.2, -0.15) is 10.5 Å². The molecule has 0 aliphatic carbocycles. The van der Waals surface area contributed by atoms with Gasteiger partial charge >= 0.3 is 5.97 Å². The highest BCUT2D eigenvalue weighted by Gasteiger charge is 2.16. The van der Waals surface area contributed by atoms with Crippen LogP contribution in [0.2, 0.25) is 0 Å². The minimum atomic E-state index is -0.462. The van der Waals surface area contributed by atoms with E-state index in [1.54, 1.807) is 36.4 Å². The second-order valence-electron chi connectivity index (χ2n) is 7.67. The summed E-state index contributed by atoms with van der Waals surface area (Å²) in [5.74, 6) is -0.248. The van der Waals surface area contributed by atoms with E-state index in [2.05, 4.69) is 11.4 Å². The van der Waals surface area contributed by atoms with Crippen LogP contribution in [0.25, 0.3) is 0 Å². The summed E-state index contributed by atoms with van der Waals surface area (Å²) < 4.78 is 5.22. The topological polar surface area (TPSA) is 103 Å². The number of nitriles is 2. The standard InChI is InChI=1S/C15H20N2O2.C9H7NO/c1-11(13-7-5-12(9-16)6-8-13)17-10-14(18)19-15(2,3)4;1-7(11)9-4-2-8(6-10)3-5-9/h5-8,11,17H,10H2,1-4H3;2-5H,1H3. The maximum Gasteiger partial charge on any atom is 0.320 e. The van der Waals surface area contributed by atoms with E-state index in [0.717, 1.165) is 5.56 Å². The van der Waals surface area contributed by atoms with Gasteiger partial charge in [0.1, 0.15) is 5.60 Å². The SMILES string of the molecule is CC(=O)c1ccc(C#N)cc1.CC(NCC(=O)OC(C)(C)C)c1ccc(C#N)cc1. The molecule has 0 bridgehead atoms. The van der Waals surface area contributed by atoms with E-state index in [4.69, 9.17) is 15.3 Å². The summed E-state index contributed by atoms with van der Waals surface area (Å²) in [5, 5.41) is 20.3. The first-order chi connectivity index (χ1) is 14.1. The van der Waals surface area contributed by atoms with E-state index < -0.39 is 5.60 Å². The van der Waals surface area contributed by atoms with E-state index in [-0.39, 0.29) is 24.3 Å². The number of nitrogens with zero attached hydrogens (tertiary/aromatic N) is 2. The molecular formula is C24H27N3O3. The van der Waals surface area contributed by atoms with Crippen LogP contribution in [0.1, 0.15) is 67.7 Å². The van der Waals surface area contributed by atoms with Crippen LogP contribution in [-0.2, 0) is 9.53 Å². The molecule has 0 saturated heterocycles. The number of Topliss-reactive ketones (excluding diaryl/α,β-unsaturated/α-hetero) is 1. The Kier molecular flexibility index (Phi) is 9.42. The molecule has 30 heavy (non-hydrogen) atoms. The molecule has 1 atom stereocenters. The number of hydrogen-bond acceptors (Lipinski definition) is 6. The summed E-state index contributed by atoms with van der Waals surface area (Å²) in [5.41, 5.74) is 2.42. The minimum absolute atomic E-state index is 0.0227. The molecule has 2 aromatic rings. The number of ether oxygens (including phenoxy) is 1. The molecule has 156 valence electrons. The average Bonchev–Trinajstić information content (AvgIpc) is 2.71. The lowest BCUT2D eigenvalue weighted by Crippen LogP contribution is -2.32. The monoisotopic (exact) mass is 405 g/mol. The van der Waals surface area contributed by atoms with Crippen LogP contribution in [-0.4, -0.2) is 23.9 Å². The van der Waals surface area contributed by atoms with Crippen molar-refractivity contribution in [2.45, 2.75) is 46.3 Å². The van der Waals surface area contributed by atoms with Crippen molar-refractivity contribution in [1.82, 2.24) is 5.32 Å². The first-order valence-corrected chi connectivity index (χ1v) is 9.52. The van der Waals surface area contributed by atoms with E-state index in [0.29, 0.717) is 16.7 Å². The van der Waals surface area contributed by atoms with Crippen LogP contribution >= 0.6 is 0 Å². The van der Waals surface area contributed by atoms with E-state index >= 15 is 0 Å². The number of hydrogen-bond donors (Lipinski definition) is 1. The van der Waals surface area contributed by atoms with Gasteiger partial charge in [0.15, 0.2) is 5.78 Å². The molecular weight excluding hydrogens is 378 g/mol. The Morgan fingerprint density at radius 2 is 1.43 bits per heavy atom. The van der Waals surface area contributed by atoms with Crippen LogP contribution < -0.4 is 5.32 Å². The van der Waals surface area contributed by atoms with Crippen LogP contribution in [0.3, 0.4) is 0 Å². The quantitative estimate of drug-likeness (QED) is 0.587. The first kappa shape index (κ1) is 24.6. The molecule has 0 spiro atoms. The van der Waals surface area contributed by atoms with Gasteiger partial charge in [-0.05, 0) is 64.4 Å². The molecule has 6 heteroatoms. The van der Waals surface area contributed by atoms with Gasteiger partial charge in [0.05, 0.1) is 29.8 Å². The van der Waals surface area contributed by atoms with Gasteiger partial charge in [0.2, 0.25) is 0 Å². The molecule has 0 aliphatic rings. The molecule has 2 rings (SSSR count). The molecule has 0 aliphatic heterocycles.